The van der Waals surface area contributed by atoms with Gasteiger partial charge in [0.1, 0.15) is 17.4 Å². The molecule has 2 aromatic heterocycles. The van der Waals surface area contributed by atoms with E-state index in [0.717, 1.165) is 0 Å². The molecule has 2 heterocycles. The number of aromatic hydroxyl groups is 1. The summed E-state index contributed by atoms with van der Waals surface area (Å²) >= 11 is 0. The SMILES string of the molecule is CCc1c(O)c(C#N)c2ccccn2c1=O. The lowest BCUT2D eigenvalue weighted by atomic mass is 10.1. The second-order valence-corrected chi connectivity index (χ2v) is 3.43. The first-order valence-corrected chi connectivity index (χ1v) is 4.96. The highest BCUT2D eigenvalue weighted by Crippen LogP contribution is 2.23. The van der Waals surface area contributed by atoms with E-state index in [1.165, 1.54) is 4.40 Å². The molecule has 80 valence electrons. The zero-order chi connectivity index (χ0) is 11.7. The van der Waals surface area contributed by atoms with Gasteiger partial charge in [0.25, 0.3) is 5.56 Å². The average molecular weight is 214 g/mol. The van der Waals surface area contributed by atoms with Crippen LogP contribution in [0.2, 0.25) is 0 Å². The Balaban J connectivity index is 3.08. The zero-order valence-electron chi connectivity index (χ0n) is 8.77. The number of nitrogens with zero attached hydrogens (tertiary/aromatic N) is 2. The second-order valence-electron chi connectivity index (χ2n) is 3.43. The maximum Gasteiger partial charge on any atom is 0.262 e. The number of rotatable bonds is 1. The highest BCUT2D eigenvalue weighted by atomic mass is 16.3. The second kappa shape index (κ2) is 3.70. The van der Waals surface area contributed by atoms with Crippen LogP contribution in [0, 0.1) is 11.3 Å². The standard InChI is InChI=1S/C12H10N2O2/c1-2-8-11(15)9(7-13)10-5-3-4-6-14(10)12(8)16/h3-6,15H,2H2,1H3. The Morgan fingerprint density at radius 3 is 2.88 bits per heavy atom. The predicted octanol–water partition coefficient (Wildman–Crippen LogP) is 1.44. The van der Waals surface area contributed by atoms with Gasteiger partial charge in [0.2, 0.25) is 0 Å². The lowest BCUT2D eigenvalue weighted by molar-refractivity contribution is 0.465. The molecular weight excluding hydrogens is 204 g/mol. The van der Waals surface area contributed by atoms with Crippen molar-refractivity contribution in [3.8, 4) is 11.8 Å². The summed E-state index contributed by atoms with van der Waals surface area (Å²) in [7, 11) is 0. The van der Waals surface area contributed by atoms with Gasteiger partial charge in [0, 0.05) is 6.20 Å². The van der Waals surface area contributed by atoms with Gasteiger partial charge in [-0.05, 0) is 18.6 Å². The molecule has 0 aromatic carbocycles. The summed E-state index contributed by atoms with van der Waals surface area (Å²) in [6, 6.07) is 7.01. The van der Waals surface area contributed by atoms with Crippen LogP contribution in [0.4, 0.5) is 0 Å². The van der Waals surface area contributed by atoms with Crippen LogP contribution in [0.5, 0.6) is 5.75 Å². The molecule has 4 heteroatoms. The third-order valence-electron chi connectivity index (χ3n) is 2.58. The number of hydrogen-bond acceptors (Lipinski definition) is 3. The Labute approximate surface area is 92.0 Å². The minimum Gasteiger partial charge on any atom is -0.506 e. The van der Waals surface area contributed by atoms with E-state index in [9.17, 15) is 9.90 Å². The first-order chi connectivity index (χ1) is 7.70. The first-order valence-electron chi connectivity index (χ1n) is 4.96. The molecule has 0 aliphatic rings. The van der Waals surface area contributed by atoms with Crippen molar-refractivity contribution in [1.82, 2.24) is 4.40 Å². The molecule has 2 aromatic rings. The topological polar surface area (TPSA) is 65.5 Å². The van der Waals surface area contributed by atoms with Crippen molar-refractivity contribution >= 4 is 5.52 Å². The molecule has 4 nitrogen and oxygen atoms in total. The van der Waals surface area contributed by atoms with E-state index < -0.39 is 0 Å². The van der Waals surface area contributed by atoms with Gasteiger partial charge in [-0.3, -0.25) is 9.20 Å². The van der Waals surface area contributed by atoms with E-state index in [2.05, 4.69) is 0 Å². The molecule has 0 saturated heterocycles. The fraction of sp³-hybridized carbons (Fsp3) is 0.167. The average Bonchev–Trinajstić information content (AvgIpc) is 2.30. The van der Waals surface area contributed by atoms with E-state index in [1.807, 2.05) is 6.07 Å². The first kappa shape index (κ1) is 10.2. The summed E-state index contributed by atoms with van der Waals surface area (Å²) in [6.45, 7) is 1.77. The van der Waals surface area contributed by atoms with Crippen molar-refractivity contribution < 1.29 is 5.11 Å². The smallest absolute Gasteiger partial charge is 0.262 e. The van der Waals surface area contributed by atoms with Gasteiger partial charge < -0.3 is 5.11 Å². The van der Waals surface area contributed by atoms with Crippen LogP contribution in [0.15, 0.2) is 29.2 Å². The molecule has 0 aliphatic carbocycles. The molecule has 0 aliphatic heterocycles. The minimum atomic E-state index is -0.269. The van der Waals surface area contributed by atoms with E-state index in [-0.39, 0.29) is 22.4 Å². The molecule has 0 amide bonds. The fourth-order valence-electron chi connectivity index (χ4n) is 1.77. The molecule has 0 bridgehead atoms. The largest absolute Gasteiger partial charge is 0.506 e. The lowest BCUT2D eigenvalue weighted by Crippen LogP contribution is -2.19. The van der Waals surface area contributed by atoms with Crippen molar-refractivity contribution in [2.24, 2.45) is 0 Å². The number of hydrogen-bond donors (Lipinski definition) is 1. The maximum atomic E-state index is 11.9. The van der Waals surface area contributed by atoms with Gasteiger partial charge in [0.15, 0.2) is 0 Å². The van der Waals surface area contributed by atoms with Crippen LogP contribution < -0.4 is 5.56 Å². The highest BCUT2D eigenvalue weighted by Gasteiger charge is 2.15. The number of nitriles is 1. The Hall–Kier alpha value is -2.28. The molecule has 0 unspecified atom stereocenters. The highest BCUT2D eigenvalue weighted by molar-refractivity contribution is 5.67. The number of pyridine rings is 2. The van der Waals surface area contributed by atoms with Crippen LogP contribution >= 0.6 is 0 Å². The van der Waals surface area contributed by atoms with Gasteiger partial charge in [-0.25, -0.2) is 0 Å². The maximum absolute atomic E-state index is 11.9. The summed E-state index contributed by atoms with van der Waals surface area (Å²) in [5.74, 6) is -0.193. The Morgan fingerprint density at radius 1 is 1.50 bits per heavy atom. The molecular formula is C12H10N2O2. The van der Waals surface area contributed by atoms with E-state index >= 15 is 0 Å². The zero-order valence-corrected chi connectivity index (χ0v) is 8.77. The third kappa shape index (κ3) is 1.26. The minimum absolute atomic E-state index is 0.150. The number of fused-ring (bicyclic) bond motifs is 1. The Bertz CT molecular complexity index is 650. The monoisotopic (exact) mass is 214 g/mol. The predicted molar refractivity (Wildman–Crippen MR) is 59.4 cm³/mol. The van der Waals surface area contributed by atoms with Crippen molar-refractivity contribution in [3.63, 3.8) is 0 Å². The molecule has 0 saturated carbocycles. The molecule has 16 heavy (non-hydrogen) atoms. The normalized spacial score (nSPS) is 10.2. The van der Waals surface area contributed by atoms with Crippen LogP contribution in [0.1, 0.15) is 18.1 Å². The summed E-state index contributed by atoms with van der Waals surface area (Å²) < 4.78 is 1.39. The van der Waals surface area contributed by atoms with Crippen LogP contribution in [-0.4, -0.2) is 9.51 Å². The van der Waals surface area contributed by atoms with Crippen LogP contribution in [0.25, 0.3) is 5.52 Å². The summed E-state index contributed by atoms with van der Waals surface area (Å²) in [5.41, 5.74) is 0.594. The van der Waals surface area contributed by atoms with Crippen molar-refractivity contribution in [2.45, 2.75) is 13.3 Å². The summed E-state index contributed by atoms with van der Waals surface area (Å²) in [6.07, 6.45) is 1.99. The van der Waals surface area contributed by atoms with Gasteiger partial charge in [-0.15, -0.1) is 0 Å². The lowest BCUT2D eigenvalue weighted by Gasteiger charge is -2.08. The quantitative estimate of drug-likeness (QED) is 0.781. The fourth-order valence-corrected chi connectivity index (χ4v) is 1.77. The van der Waals surface area contributed by atoms with E-state index in [0.29, 0.717) is 11.9 Å². The molecule has 0 radical (unpaired) electrons. The van der Waals surface area contributed by atoms with Gasteiger partial charge >= 0.3 is 0 Å². The molecule has 1 N–H and O–H groups in total. The summed E-state index contributed by atoms with van der Waals surface area (Å²) in [5, 5.41) is 18.8. The van der Waals surface area contributed by atoms with Crippen molar-refractivity contribution in [3.05, 3.63) is 45.9 Å². The molecule has 0 spiro atoms. The van der Waals surface area contributed by atoms with Crippen LogP contribution in [-0.2, 0) is 6.42 Å². The van der Waals surface area contributed by atoms with Crippen LogP contribution in [0.3, 0.4) is 0 Å². The van der Waals surface area contributed by atoms with Gasteiger partial charge in [0.05, 0.1) is 11.1 Å². The van der Waals surface area contributed by atoms with E-state index in [4.69, 9.17) is 5.26 Å². The van der Waals surface area contributed by atoms with Gasteiger partial charge in [-0.2, -0.15) is 5.26 Å². The number of aromatic nitrogens is 1. The van der Waals surface area contributed by atoms with Crippen molar-refractivity contribution in [1.29, 1.82) is 5.26 Å². The Kier molecular flexibility index (Phi) is 2.37. The molecule has 2 rings (SSSR count). The van der Waals surface area contributed by atoms with Crippen molar-refractivity contribution in [2.75, 3.05) is 0 Å². The van der Waals surface area contributed by atoms with Gasteiger partial charge in [-0.1, -0.05) is 13.0 Å². The summed E-state index contributed by atoms with van der Waals surface area (Å²) in [4.78, 5) is 11.9. The molecule has 0 fully saturated rings. The third-order valence-corrected chi connectivity index (χ3v) is 2.58. The molecule has 0 atom stereocenters. The van der Waals surface area contributed by atoms with E-state index in [1.54, 1.807) is 31.3 Å². The Morgan fingerprint density at radius 2 is 2.25 bits per heavy atom.